The quantitative estimate of drug-likeness (QED) is 0.317. The average Bonchev–Trinajstić information content (AvgIpc) is 3.35. The highest BCUT2D eigenvalue weighted by atomic mass is 32.2. The molecule has 0 saturated carbocycles. The summed E-state index contributed by atoms with van der Waals surface area (Å²) in [5.41, 5.74) is 0.130. The van der Waals surface area contributed by atoms with Gasteiger partial charge >= 0.3 is 5.97 Å². The molecule has 0 aromatic heterocycles. The molecule has 0 aromatic carbocycles. The summed E-state index contributed by atoms with van der Waals surface area (Å²) in [5.74, 6) is -1.29. The molecule has 8 nitrogen and oxygen atoms in total. The Morgan fingerprint density at radius 3 is 2.72 bits per heavy atom. The van der Waals surface area contributed by atoms with Crippen molar-refractivity contribution in [1.29, 1.82) is 5.41 Å². The SMILES string of the molecule is C[C@@H](O)[C@H]1C(=O)N2C(C(=O)O)=C(S[C@@H]3CCN(C[C@H]4CCN(C=N)C4)C3)[C@H](C)[C@H]12. The number of aliphatic hydroxyl groups is 1. The number of aliphatic hydroxyl groups excluding tert-OH is 1. The van der Waals surface area contributed by atoms with Crippen LogP contribution in [0.1, 0.15) is 26.7 Å². The van der Waals surface area contributed by atoms with Crippen molar-refractivity contribution in [2.75, 3.05) is 32.7 Å². The second kappa shape index (κ2) is 7.92. The first-order chi connectivity index (χ1) is 13.8. The molecule has 4 aliphatic heterocycles. The number of nitrogens with zero attached hydrogens (tertiary/aromatic N) is 3. The minimum absolute atomic E-state index is 0.0616. The molecule has 3 saturated heterocycles. The van der Waals surface area contributed by atoms with Gasteiger partial charge in [-0.25, -0.2) is 4.79 Å². The molecular formula is C20H30N4O4S. The van der Waals surface area contributed by atoms with Gasteiger partial charge in [0.05, 0.1) is 24.4 Å². The van der Waals surface area contributed by atoms with Gasteiger partial charge in [-0.05, 0) is 32.2 Å². The van der Waals surface area contributed by atoms with E-state index in [2.05, 4.69) is 9.80 Å². The molecule has 4 aliphatic rings. The van der Waals surface area contributed by atoms with Gasteiger partial charge in [-0.2, -0.15) is 0 Å². The van der Waals surface area contributed by atoms with Gasteiger partial charge in [0.25, 0.3) is 0 Å². The monoisotopic (exact) mass is 422 g/mol. The van der Waals surface area contributed by atoms with E-state index in [1.54, 1.807) is 18.7 Å². The second-order valence-electron chi connectivity index (χ2n) is 8.84. The lowest BCUT2D eigenvalue weighted by molar-refractivity contribution is -0.163. The van der Waals surface area contributed by atoms with Crippen LogP contribution in [0.2, 0.25) is 0 Å². The lowest BCUT2D eigenvalue weighted by Gasteiger charge is -2.46. The van der Waals surface area contributed by atoms with Gasteiger partial charge in [0, 0.05) is 42.3 Å². The molecule has 4 rings (SSSR count). The van der Waals surface area contributed by atoms with E-state index >= 15 is 0 Å². The number of hydrogen-bond donors (Lipinski definition) is 3. The summed E-state index contributed by atoms with van der Waals surface area (Å²) in [6.45, 7) is 8.45. The van der Waals surface area contributed by atoms with Crippen molar-refractivity contribution in [3.63, 3.8) is 0 Å². The van der Waals surface area contributed by atoms with Gasteiger partial charge in [0.15, 0.2) is 0 Å². The summed E-state index contributed by atoms with van der Waals surface area (Å²) < 4.78 is 0. The summed E-state index contributed by atoms with van der Waals surface area (Å²) >= 11 is 1.62. The number of thioether (sulfide) groups is 1. The highest BCUT2D eigenvalue weighted by Gasteiger charge is 2.60. The highest BCUT2D eigenvalue weighted by Crippen LogP contribution is 2.51. The van der Waals surface area contributed by atoms with Crippen molar-refractivity contribution >= 4 is 30.0 Å². The molecule has 4 heterocycles. The van der Waals surface area contributed by atoms with Gasteiger partial charge in [-0.3, -0.25) is 10.2 Å². The molecule has 6 atom stereocenters. The van der Waals surface area contributed by atoms with E-state index in [1.165, 1.54) is 11.2 Å². The van der Waals surface area contributed by atoms with Gasteiger partial charge in [0.1, 0.15) is 5.70 Å². The maximum Gasteiger partial charge on any atom is 0.353 e. The Labute approximate surface area is 175 Å². The van der Waals surface area contributed by atoms with E-state index in [1.807, 2.05) is 6.92 Å². The predicted octanol–water partition coefficient (Wildman–Crippen LogP) is 0.877. The molecule has 29 heavy (non-hydrogen) atoms. The number of fused-ring (bicyclic) bond motifs is 1. The molecule has 0 spiro atoms. The Balaban J connectivity index is 1.41. The van der Waals surface area contributed by atoms with Crippen molar-refractivity contribution in [2.24, 2.45) is 17.8 Å². The third kappa shape index (κ3) is 3.57. The van der Waals surface area contributed by atoms with E-state index in [4.69, 9.17) is 5.41 Å². The van der Waals surface area contributed by atoms with Gasteiger partial charge < -0.3 is 24.9 Å². The molecule has 3 N–H and O–H groups in total. The Morgan fingerprint density at radius 2 is 2.10 bits per heavy atom. The fourth-order valence-electron chi connectivity index (χ4n) is 5.41. The van der Waals surface area contributed by atoms with Crippen molar-refractivity contribution < 1.29 is 19.8 Å². The molecule has 160 valence electrons. The van der Waals surface area contributed by atoms with Crippen LogP contribution in [0.25, 0.3) is 0 Å². The Morgan fingerprint density at radius 1 is 1.34 bits per heavy atom. The number of carbonyl (C=O) groups excluding carboxylic acids is 1. The lowest BCUT2D eigenvalue weighted by Crippen LogP contribution is -2.63. The van der Waals surface area contributed by atoms with Crippen LogP contribution >= 0.6 is 11.8 Å². The summed E-state index contributed by atoms with van der Waals surface area (Å²) in [6, 6.07) is -0.237. The fourth-order valence-corrected chi connectivity index (χ4v) is 6.93. The number of aliphatic carboxylic acids is 1. The molecule has 3 fully saturated rings. The van der Waals surface area contributed by atoms with Gasteiger partial charge in [0.2, 0.25) is 5.91 Å². The second-order valence-corrected chi connectivity index (χ2v) is 10.2. The largest absolute Gasteiger partial charge is 0.477 e. The first-order valence-electron chi connectivity index (χ1n) is 10.4. The van der Waals surface area contributed by atoms with Gasteiger partial charge in [-0.1, -0.05) is 6.92 Å². The number of nitrogens with one attached hydrogen (secondary N) is 1. The molecule has 0 aliphatic carbocycles. The molecule has 0 unspecified atom stereocenters. The number of likely N-dealkylation sites (tertiary alicyclic amines) is 2. The van der Waals surface area contributed by atoms with E-state index in [0.29, 0.717) is 11.2 Å². The number of hydrogen-bond acceptors (Lipinski definition) is 6. The topological polar surface area (TPSA) is 108 Å². The van der Waals surface area contributed by atoms with Crippen LogP contribution in [0.5, 0.6) is 0 Å². The van der Waals surface area contributed by atoms with Crippen LogP contribution in [0, 0.1) is 23.2 Å². The minimum Gasteiger partial charge on any atom is -0.477 e. The van der Waals surface area contributed by atoms with Crippen LogP contribution in [0.3, 0.4) is 0 Å². The van der Waals surface area contributed by atoms with E-state index in [9.17, 15) is 19.8 Å². The molecule has 1 amide bonds. The summed E-state index contributed by atoms with van der Waals surface area (Å²) in [7, 11) is 0. The first-order valence-corrected chi connectivity index (χ1v) is 11.3. The molecule has 0 aromatic rings. The number of carboxylic acids is 1. The van der Waals surface area contributed by atoms with Gasteiger partial charge in [-0.15, -0.1) is 11.8 Å². The standard InChI is InChI=1S/C20H30N4O4S/c1-11-16-15(12(2)25)19(26)24(16)17(20(27)28)18(11)29-14-4-6-22(9-14)7-13-3-5-23(8-13)10-21/h10-16,21,25H,3-9H2,1-2H3,(H,27,28)/t11-,12-,13-,14-,15-,16-/m1/s1. The normalized spacial score (nSPS) is 35.8. The number of rotatable bonds is 7. The van der Waals surface area contributed by atoms with Crippen LogP contribution in [-0.4, -0.2) is 93.2 Å². The Bertz CT molecular complexity index is 742. The fraction of sp³-hybridized carbons (Fsp3) is 0.750. The summed E-state index contributed by atoms with van der Waals surface area (Å²) in [6.07, 6.45) is 2.79. The zero-order valence-corrected chi connectivity index (χ0v) is 17.8. The van der Waals surface area contributed by atoms with E-state index in [-0.39, 0.29) is 23.6 Å². The number of carbonyl (C=O) groups is 2. The van der Waals surface area contributed by atoms with Crippen molar-refractivity contribution in [3.05, 3.63) is 10.6 Å². The van der Waals surface area contributed by atoms with Crippen LogP contribution < -0.4 is 0 Å². The number of carboxylic acid groups (broad SMARTS) is 1. The Kier molecular flexibility index (Phi) is 5.65. The van der Waals surface area contributed by atoms with E-state index in [0.717, 1.165) is 50.5 Å². The predicted molar refractivity (Wildman–Crippen MR) is 111 cm³/mol. The Hall–Kier alpha value is -1.58. The third-order valence-electron chi connectivity index (χ3n) is 6.85. The molecule has 9 heteroatoms. The molecule has 0 bridgehead atoms. The van der Waals surface area contributed by atoms with Crippen molar-refractivity contribution in [2.45, 2.75) is 44.1 Å². The maximum atomic E-state index is 12.5. The molecule has 0 radical (unpaired) electrons. The first kappa shape index (κ1) is 20.7. The van der Waals surface area contributed by atoms with E-state index < -0.39 is 18.0 Å². The lowest BCUT2D eigenvalue weighted by atomic mass is 9.79. The smallest absolute Gasteiger partial charge is 0.353 e. The van der Waals surface area contributed by atoms with Crippen LogP contribution in [-0.2, 0) is 9.59 Å². The third-order valence-corrected chi connectivity index (χ3v) is 8.39. The van der Waals surface area contributed by atoms with Crippen molar-refractivity contribution in [3.8, 4) is 0 Å². The minimum atomic E-state index is -1.05. The zero-order chi connectivity index (χ0) is 20.9. The maximum absolute atomic E-state index is 12.5. The van der Waals surface area contributed by atoms with Crippen LogP contribution in [0.15, 0.2) is 10.6 Å². The average molecular weight is 423 g/mol. The zero-order valence-electron chi connectivity index (χ0n) is 17.0. The van der Waals surface area contributed by atoms with Crippen LogP contribution in [0.4, 0.5) is 0 Å². The highest BCUT2D eigenvalue weighted by molar-refractivity contribution is 8.03. The number of β-lactam (4-membered cyclic amide) rings is 1. The number of amides is 1. The summed E-state index contributed by atoms with van der Waals surface area (Å²) in [4.78, 5) is 31.1. The summed E-state index contributed by atoms with van der Waals surface area (Å²) in [5, 5.41) is 27.4. The van der Waals surface area contributed by atoms with Crippen molar-refractivity contribution in [1.82, 2.24) is 14.7 Å². The molecular weight excluding hydrogens is 392 g/mol.